The molecule has 17 heteroatoms. The summed E-state index contributed by atoms with van der Waals surface area (Å²) in [6.45, 7) is 1.36. The Morgan fingerprint density at radius 2 is 1.86 bits per heavy atom. The second-order valence-corrected chi connectivity index (χ2v) is 9.89. The zero-order valence-corrected chi connectivity index (χ0v) is 19.4. The number of fused-ring (bicyclic) bond motifs is 1. The van der Waals surface area contributed by atoms with Crippen molar-refractivity contribution in [1.29, 1.82) is 0 Å². The molecular weight excluding hydrogens is 535 g/mol. The summed E-state index contributed by atoms with van der Waals surface area (Å²) >= 11 is 0.568. The number of benzene rings is 1. The first-order valence-corrected chi connectivity index (χ1v) is 11.9. The summed E-state index contributed by atoms with van der Waals surface area (Å²) in [5.74, 6) is -0.358. The molecule has 36 heavy (non-hydrogen) atoms. The Morgan fingerprint density at radius 1 is 1.19 bits per heavy atom. The number of nitrogens with zero attached hydrogens (tertiary/aromatic N) is 4. The van der Waals surface area contributed by atoms with E-state index in [0.717, 1.165) is 36.5 Å². The molecule has 3 aromatic heterocycles. The Kier molecular flexibility index (Phi) is 6.40. The molecule has 0 aliphatic rings. The van der Waals surface area contributed by atoms with Crippen molar-refractivity contribution in [2.45, 2.75) is 23.7 Å². The first-order chi connectivity index (χ1) is 16.7. The minimum Gasteiger partial charge on any atom is -0.404 e. The van der Waals surface area contributed by atoms with Gasteiger partial charge in [-0.15, -0.1) is 0 Å². The molecule has 0 aliphatic carbocycles. The van der Waals surface area contributed by atoms with Gasteiger partial charge in [-0.2, -0.15) is 18.3 Å². The van der Waals surface area contributed by atoms with E-state index in [1.165, 1.54) is 6.92 Å². The number of alkyl halides is 5. The van der Waals surface area contributed by atoms with E-state index in [4.69, 9.17) is 9.88 Å². The molecule has 4 rings (SSSR count). The molecule has 0 saturated carbocycles. The Balaban J connectivity index is 1.67. The zero-order valence-electron chi connectivity index (χ0n) is 17.7. The van der Waals surface area contributed by atoms with Crippen molar-refractivity contribution in [3.63, 3.8) is 0 Å². The monoisotopic (exact) mass is 548 g/mol. The highest BCUT2D eigenvalue weighted by molar-refractivity contribution is 7.91. The van der Waals surface area contributed by atoms with Gasteiger partial charge in [-0.05, 0) is 25.1 Å². The first-order valence-electron chi connectivity index (χ1n) is 9.57. The maximum Gasteiger partial charge on any atom is 0.419 e. The van der Waals surface area contributed by atoms with Gasteiger partial charge in [0.15, 0.2) is 20.7 Å². The molecule has 1 aromatic carbocycles. The highest BCUT2D eigenvalue weighted by Gasteiger charge is 2.30. The fourth-order valence-corrected chi connectivity index (χ4v) is 4.93. The minimum absolute atomic E-state index is 0.0400. The van der Waals surface area contributed by atoms with Gasteiger partial charge in [-0.1, -0.05) is 23.5 Å². The maximum atomic E-state index is 13.7. The molecule has 0 bridgehead atoms. The quantitative estimate of drug-likeness (QED) is 0.353. The summed E-state index contributed by atoms with van der Waals surface area (Å²) in [5, 5.41) is 10.8. The van der Waals surface area contributed by atoms with Gasteiger partial charge >= 0.3 is 12.3 Å². The zero-order chi connectivity index (χ0) is 26.4. The van der Waals surface area contributed by atoms with Crippen molar-refractivity contribution in [3.05, 3.63) is 53.5 Å². The molecule has 0 fully saturated rings. The van der Waals surface area contributed by atoms with Crippen LogP contribution in [0.3, 0.4) is 0 Å². The van der Waals surface area contributed by atoms with Crippen LogP contribution in [0.5, 0.6) is 5.75 Å². The molecule has 1 amide bonds. The number of nitrogens with two attached hydrogens (primary N) is 1. The van der Waals surface area contributed by atoms with Gasteiger partial charge in [-0.25, -0.2) is 41.6 Å². The third kappa shape index (κ3) is 5.12. The normalized spacial score (nSPS) is 12.3. The van der Waals surface area contributed by atoms with Crippen LogP contribution in [0.15, 0.2) is 40.7 Å². The molecule has 4 aromatic rings. The average molecular weight is 548 g/mol. The third-order valence-corrected chi connectivity index (χ3v) is 7.25. The molecule has 10 nitrogen and oxygen atoms in total. The number of nitrogens with one attached hydrogen (secondary N) is 1. The number of anilines is 1. The van der Waals surface area contributed by atoms with E-state index in [0.29, 0.717) is 15.9 Å². The molecule has 190 valence electrons. The fraction of sp³-hybridized carbons (Fsp3) is 0.158. The van der Waals surface area contributed by atoms with E-state index < -0.39 is 40.0 Å². The highest BCUT2D eigenvalue weighted by atomic mass is 32.2. The van der Waals surface area contributed by atoms with Crippen LogP contribution in [0.2, 0.25) is 0 Å². The number of halogens is 5. The Bertz CT molecular complexity index is 1570. The smallest absolute Gasteiger partial charge is 0.404 e. The number of hydrogen-bond acceptors (Lipinski definition) is 8. The van der Waals surface area contributed by atoms with E-state index in [1.54, 1.807) is 0 Å². The summed E-state index contributed by atoms with van der Waals surface area (Å²) in [4.78, 5) is 20.3. The Morgan fingerprint density at radius 3 is 2.42 bits per heavy atom. The maximum absolute atomic E-state index is 13.7. The number of rotatable bonds is 5. The molecule has 0 aliphatic heterocycles. The van der Waals surface area contributed by atoms with Gasteiger partial charge in [0.25, 0.3) is 6.43 Å². The molecule has 0 saturated heterocycles. The predicted molar refractivity (Wildman–Crippen MR) is 116 cm³/mol. The van der Waals surface area contributed by atoms with Crippen molar-refractivity contribution in [1.82, 2.24) is 19.6 Å². The van der Waals surface area contributed by atoms with Crippen LogP contribution in [0.4, 0.5) is 31.9 Å². The highest BCUT2D eigenvalue weighted by Crippen LogP contribution is 2.33. The summed E-state index contributed by atoms with van der Waals surface area (Å²) < 4.78 is 94.5. The van der Waals surface area contributed by atoms with Crippen LogP contribution < -0.4 is 15.2 Å². The number of carbonyl (C=O) groups excluding carboxylic acids is 1. The molecule has 0 atom stereocenters. The number of amides is 1. The lowest BCUT2D eigenvalue weighted by atomic mass is 10.1. The summed E-state index contributed by atoms with van der Waals surface area (Å²) in [6.07, 6.45) is -7.87. The molecule has 0 spiro atoms. The van der Waals surface area contributed by atoms with Gasteiger partial charge in [-0.3, -0.25) is 5.32 Å². The standard InChI is InChI=1S/C19H13F5N6O4S2/c1-8-16(36(25,32)33)35-17(27-8)29-18(31)34-13-7-26-30-12(14(20)21)6-11(28-15(13)30)9-2-4-10(5-3-9)19(22,23)24/h2-7,14H,1H3,(H2,25,32,33)(H,27,29,31). The summed E-state index contributed by atoms with van der Waals surface area (Å²) in [7, 11) is -4.08. The van der Waals surface area contributed by atoms with E-state index in [-0.39, 0.29) is 37.7 Å². The number of primary sulfonamides is 1. The van der Waals surface area contributed by atoms with Gasteiger partial charge in [0.2, 0.25) is 10.0 Å². The number of thiazole rings is 1. The molecule has 0 unspecified atom stereocenters. The number of sulfonamides is 1. The number of hydrogen-bond donors (Lipinski definition) is 2. The molecule has 0 radical (unpaired) electrons. The Hall–Kier alpha value is -3.70. The minimum atomic E-state index is -4.59. The largest absolute Gasteiger partial charge is 0.419 e. The van der Waals surface area contributed by atoms with E-state index in [1.807, 2.05) is 0 Å². The van der Waals surface area contributed by atoms with Crippen LogP contribution in [0.1, 0.15) is 23.4 Å². The van der Waals surface area contributed by atoms with Crippen LogP contribution in [-0.2, 0) is 16.2 Å². The number of aryl methyl sites for hydroxylation is 1. The summed E-state index contributed by atoms with van der Waals surface area (Å²) in [5.41, 5.74) is -1.90. The van der Waals surface area contributed by atoms with Crippen LogP contribution in [0.25, 0.3) is 16.9 Å². The van der Waals surface area contributed by atoms with E-state index in [9.17, 15) is 35.2 Å². The van der Waals surface area contributed by atoms with Gasteiger partial charge in [0.05, 0.1) is 23.1 Å². The lowest BCUT2D eigenvalue weighted by Crippen LogP contribution is -2.16. The van der Waals surface area contributed by atoms with Crippen molar-refractivity contribution < 1.29 is 39.9 Å². The van der Waals surface area contributed by atoms with Crippen LogP contribution in [-0.4, -0.2) is 34.1 Å². The van der Waals surface area contributed by atoms with Crippen molar-refractivity contribution >= 4 is 38.2 Å². The molecule has 3 heterocycles. The average Bonchev–Trinajstić information content (AvgIpc) is 3.35. The van der Waals surface area contributed by atoms with Gasteiger partial charge in [0, 0.05) is 5.56 Å². The lowest BCUT2D eigenvalue weighted by Gasteiger charge is -2.10. The van der Waals surface area contributed by atoms with Gasteiger partial charge < -0.3 is 4.74 Å². The van der Waals surface area contributed by atoms with E-state index in [2.05, 4.69) is 20.4 Å². The van der Waals surface area contributed by atoms with Gasteiger partial charge in [0.1, 0.15) is 5.69 Å². The van der Waals surface area contributed by atoms with Crippen LogP contribution >= 0.6 is 11.3 Å². The summed E-state index contributed by atoms with van der Waals surface area (Å²) in [6, 6.07) is 4.62. The first kappa shape index (κ1) is 25.4. The number of carbonyl (C=O) groups is 1. The molecular formula is C19H13F5N6O4S2. The molecule has 3 N–H and O–H groups in total. The van der Waals surface area contributed by atoms with E-state index >= 15 is 0 Å². The number of ether oxygens (including phenoxy) is 1. The second-order valence-electron chi connectivity index (χ2n) is 7.14. The van der Waals surface area contributed by atoms with Crippen molar-refractivity contribution in [2.24, 2.45) is 5.14 Å². The third-order valence-electron chi connectivity index (χ3n) is 4.62. The predicted octanol–water partition coefficient (Wildman–Crippen LogP) is 4.38. The lowest BCUT2D eigenvalue weighted by molar-refractivity contribution is -0.137. The SMILES string of the molecule is Cc1nc(NC(=O)Oc2cnn3c(C(F)F)cc(-c4ccc(C(F)(F)F)cc4)nc23)sc1S(N)(=O)=O. The number of aromatic nitrogens is 4. The fourth-order valence-electron chi connectivity index (χ4n) is 3.08. The van der Waals surface area contributed by atoms with Crippen molar-refractivity contribution in [3.8, 4) is 17.0 Å². The topological polar surface area (TPSA) is 142 Å². The van der Waals surface area contributed by atoms with Crippen LogP contribution in [0, 0.1) is 6.92 Å². The second kappa shape index (κ2) is 9.07. The van der Waals surface area contributed by atoms with Crippen molar-refractivity contribution in [2.75, 3.05) is 5.32 Å². The Labute approximate surface area is 202 Å².